The molecule has 3 rings (SSSR count). The lowest BCUT2D eigenvalue weighted by Gasteiger charge is -2.35. The van der Waals surface area contributed by atoms with Crippen LogP contribution in [0, 0.1) is 11.6 Å². The van der Waals surface area contributed by atoms with E-state index in [0.717, 1.165) is 23.9 Å². The summed E-state index contributed by atoms with van der Waals surface area (Å²) in [5.74, 6) is -5.47. The zero-order chi connectivity index (χ0) is 22.4. The minimum absolute atomic E-state index is 0.0592. The quantitative estimate of drug-likeness (QED) is 0.290. The second kappa shape index (κ2) is 7.89. The predicted molar refractivity (Wildman–Crippen MR) is 106 cm³/mol. The first-order valence-electron chi connectivity index (χ1n) is 9.32. The highest BCUT2D eigenvalue weighted by molar-refractivity contribution is 5.98. The summed E-state index contributed by atoms with van der Waals surface area (Å²) in [6, 6.07) is 0.683. The van der Waals surface area contributed by atoms with Gasteiger partial charge in [0, 0.05) is 18.8 Å². The number of hydrogen-bond acceptors (Lipinski definition) is 8. The van der Waals surface area contributed by atoms with Crippen molar-refractivity contribution < 1.29 is 18.3 Å². The Labute approximate surface area is 170 Å². The molecule has 1 amide bonds. The Morgan fingerprint density at radius 2 is 2.03 bits per heavy atom. The molecule has 30 heavy (non-hydrogen) atoms. The highest BCUT2D eigenvalue weighted by Crippen LogP contribution is 2.40. The average Bonchev–Trinajstić information content (AvgIpc) is 3.52. The number of nitrogens with one attached hydrogen (secondary N) is 1. The van der Waals surface area contributed by atoms with Crippen LogP contribution in [0.4, 0.5) is 8.78 Å². The number of halogens is 2. The van der Waals surface area contributed by atoms with Gasteiger partial charge in [0.15, 0.2) is 17.4 Å². The predicted octanol–water partition coefficient (Wildman–Crippen LogP) is -0.595. The lowest BCUT2D eigenvalue weighted by atomic mass is 10.1. The summed E-state index contributed by atoms with van der Waals surface area (Å²) in [7, 11) is 1.18. The number of benzene rings is 1. The van der Waals surface area contributed by atoms with E-state index < -0.39 is 40.7 Å². The van der Waals surface area contributed by atoms with Crippen molar-refractivity contribution in [2.75, 3.05) is 13.7 Å². The molecule has 0 spiro atoms. The van der Waals surface area contributed by atoms with Crippen molar-refractivity contribution in [3.05, 3.63) is 39.7 Å². The molecule has 1 aliphatic rings. The number of hydrogen-bond donors (Lipinski definition) is 5. The van der Waals surface area contributed by atoms with Gasteiger partial charge < -0.3 is 20.8 Å². The van der Waals surface area contributed by atoms with Crippen LogP contribution >= 0.6 is 0 Å². The number of hydrazine groups is 1. The molecule has 1 saturated carbocycles. The van der Waals surface area contributed by atoms with Crippen LogP contribution in [0.2, 0.25) is 0 Å². The third kappa shape index (κ3) is 3.75. The number of amides is 1. The highest BCUT2D eigenvalue weighted by atomic mass is 19.2. The lowest BCUT2D eigenvalue weighted by Crippen LogP contribution is -2.77. The van der Waals surface area contributed by atoms with Gasteiger partial charge in [0.2, 0.25) is 11.2 Å². The minimum Gasteiger partial charge on any atom is -0.491 e. The van der Waals surface area contributed by atoms with Crippen LogP contribution in [0.25, 0.3) is 10.9 Å². The average molecular weight is 425 g/mol. The molecule has 164 valence electrons. The molecular weight excluding hydrogens is 400 g/mol. The Morgan fingerprint density at radius 3 is 2.53 bits per heavy atom. The number of ether oxygens (including phenoxy) is 1. The Hall–Kier alpha value is -2.64. The van der Waals surface area contributed by atoms with Gasteiger partial charge >= 0.3 is 0 Å². The second-order valence-corrected chi connectivity index (χ2v) is 7.23. The van der Waals surface area contributed by atoms with Gasteiger partial charge in [-0.15, -0.1) is 0 Å². The Morgan fingerprint density at radius 1 is 1.40 bits per heavy atom. The van der Waals surface area contributed by atoms with E-state index in [1.165, 1.54) is 13.3 Å². The fraction of sp³-hybridized carbons (Fsp3) is 0.444. The molecule has 1 aliphatic carbocycles. The number of rotatable bonds is 7. The maximum absolute atomic E-state index is 14.3. The first-order valence-corrected chi connectivity index (χ1v) is 9.32. The standard InChI is InChI=1S/C18H25F2N7O3/c1-3-27(25-18(23,24)17(21)22)16(29)10-7-26(8-4-5-8)13-9(14(10)28)6-11(19)12(20)15(13)30-2/h6-8,17,25H,3-5,21-24H2,1-2H3. The van der Waals surface area contributed by atoms with Crippen LogP contribution < -0.4 is 38.5 Å². The topological polar surface area (TPSA) is 168 Å². The van der Waals surface area contributed by atoms with Crippen LogP contribution in [-0.4, -0.2) is 41.1 Å². The van der Waals surface area contributed by atoms with E-state index in [2.05, 4.69) is 5.43 Å². The maximum Gasteiger partial charge on any atom is 0.273 e. The van der Waals surface area contributed by atoms with Crippen molar-refractivity contribution in [2.45, 2.75) is 37.8 Å². The summed E-state index contributed by atoms with van der Waals surface area (Å²) in [6.45, 7) is 1.67. The smallest absolute Gasteiger partial charge is 0.273 e. The molecule has 0 aliphatic heterocycles. The Bertz CT molecular complexity index is 1050. The van der Waals surface area contributed by atoms with E-state index in [-0.39, 0.29) is 29.1 Å². The Balaban J connectivity index is 2.20. The first-order chi connectivity index (χ1) is 14.0. The first kappa shape index (κ1) is 22.1. The molecule has 0 saturated heterocycles. The summed E-state index contributed by atoms with van der Waals surface area (Å²) >= 11 is 0. The van der Waals surface area contributed by atoms with E-state index in [9.17, 15) is 18.4 Å². The third-order valence-corrected chi connectivity index (χ3v) is 4.98. The monoisotopic (exact) mass is 425 g/mol. The zero-order valence-electron chi connectivity index (χ0n) is 16.6. The molecule has 12 heteroatoms. The Kier molecular flexibility index (Phi) is 5.80. The summed E-state index contributed by atoms with van der Waals surface area (Å²) in [6.07, 6.45) is 1.59. The summed E-state index contributed by atoms with van der Waals surface area (Å²) < 4.78 is 35.0. The van der Waals surface area contributed by atoms with E-state index >= 15 is 0 Å². The molecule has 0 radical (unpaired) electrons. The molecule has 0 atom stereocenters. The van der Waals surface area contributed by atoms with E-state index in [1.807, 2.05) is 0 Å². The van der Waals surface area contributed by atoms with Gasteiger partial charge in [0.1, 0.15) is 11.7 Å². The molecule has 1 aromatic carbocycles. The number of carbonyl (C=O) groups is 1. The highest BCUT2D eigenvalue weighted by Gasteiger charge is 2.33. The molecule has 1 fully saturated rings. The normalized spacial score (nSPS) is 14.4. The van der Waals surface area contributed by atoms with Gasteiger partial charge in [0.25, 0.3) is 5.91 Å². The molecule has 9 N–H and O–H groups in total. The fourth-order valence-electron chi connectivity index (χ4n) is 3.14. The third-order valence-electron chi connectivity index (χ3n) is 4.98. The molecular formula is C18H25F2N7O3. The summed E-state index contributed by atoms with van der Waals surface area (Å²) in [5.41, 5.74) is 24.1. The molecule has 10 nitrogen and oxygen atoms in total. The number of pyridine rings is 1. The summed E-state index contributed by atoms with van der Waals surface area (Å²) in [4.78, 5) is 26.2. The number of carbonyl (C=O) groups excluding carboxylic acids is 1. The SMILES string of the molecule is CCN(NC(N)(N)C(N)N)C(=O)c1cn(C2CC2)c2c(OC)c(F)c(F)cc2c1=O. The number of nitrogens with two attached hydrogens (primary N) is 4. The number of nitrogens with zero attached hydrogens (tertiary/aromatic N) is 2. The van der Waals surface area contributed by atoms with Gasteiger partial charge in [-0.05, 0) is 25.8 Å². The number of fused-ring (bicyclic) bond motifs is 1. The van der Waals surface area contributed by atoms with Crippen molar-refractivity contribution in [2.24, 2.45) is 22.9 Å². The van der Waals surface area contributed by atoms with E-state index in [0.29, 0.717) is 0 Å². The zero-order valence-corrected chi connectivity index (χ0v) is 16.6. The molecule has 0 unspecified atom stereocenters. The molecule has 1 heterocycles. The number of methoxy groups -OCH3 is 1. The van der Waals surface area contributed by atoms with Crippen LogP contribution in [0.3, 0.4) is 0 Å². The van der Waals surface area contributed by atoms with Gasteiger partial charge in [-0.25, -0.2) is 4.39 Å². The molecule has 1 aromatic heterocycles. The minimum atomic E-state index is -1.84. The van der Waals surface area contributed by atoms with Gasteiger partial charge in [-0.3, -0.25) is 26.1 Å². The van der Waals surface area contributed by atoms with Crippen molar-refractivity contribution in [1.82, 2.24) is 15.0 Å². The van der Waals surface area contributed by atoms with Crippen LogP contribution in [0.5, 0.6) is 5.75 Å². The van der Waals surface area contributed by atoms with Crippen molar-refractivity contribution in [1.29, 1.82) is 0 Å². The van der Waals surface area contributed by atoms with Gasteiger partial charge in [-0.1, -0.05) is 0 Å². The summed E-state index contributed by atoms with van der Waals surface area (Å²) in [5, 5.41) is 0.811. The lowest BCUT2D eigenvalue weighted by molar-refractivity contribution is 0.0502. The second-order valence-electron chi connectivity index (χ2n) is 7.23. The maximum atomic E-state index is 14.3. The van der Waals surface area contributed by atoms with Crippen molar-refractivity contribution in [3.8, 4) is 5.75 Å². The van der Waals surface area contributed by atoms with Crippen molar-refractivity contribution >= 4 is 16.8 Å². The van der Waals surface area contributed by atoms with Crippen LogP contribution in [-0.2, 0) is 0 Å². The number of aromatic nitrogens is 1. The molecule has 2 aromatic rings. The van der Waals surface area contributed by atoms with E-state index in [4.69, 9.17) is 27.7 Å². The molecule has 0 bridgehead atoms. The van der Waals surface area contributed by atoms with Crippen LogP contribution in [0.1, 0.15) is 36.2 Å². The van der Waals surface area contributed by atoms with Gasteiger partial charge in [-0.2, -0.15) is 9.82 Å². The van der Waals surface area contributed by atoms with Crippen molar-refractivity contribution in [3.63, 3.8) is 0 Å². The van der Waals surface area contributed by atoms with Crippen LogP contribution in [0.15, 0.2) is 17.1 Å². The largest absolute Gasteiger partial charge is 0.491 e. The van der Waals surface area contributed by atoms with E-state index in [1.54, 1.807) is 11.5 Å². The van der Waals surface area contributed by atoms with Gasteiger partial charge in [0.05, 0.1) is 18.0 Å². The fourth-order valence-corrected chi connectivity index (χ4v) is 3.14.